The van der Waals surface area contributed by atoms with Gasteiger partial charge in [-0.05, 0) is 31.4 Å². The summed E-state index contributed by atoms with van der Waals surface area (Å²) in [6.45, 7) is 1.61. The summed E-state index contributed by atoms with van der Waals surface area (Å²) >= 11 is 0. The molecule has 0 bridgehead atoms. The van der Waals surface area contributed by atoms with E-state index in [9.17, 15) is 0 Å². The maximum absolute atomic E-state index is 5.79. The zero-order chi connectivity index (χ0) is 11.9. The third-order valence-electron chi connectivity index (χ3n) is 2.80. The standard InChI is InChI=1S/C13H19N3O/c14-13(16-11-5-2-1-3-6-11)15-9-8-12-7-4-10-17-12/h1-3,5-6,12H,4,7-10H2,(H3,14,15,16)/t12-/m1/s1. The van der Waals surface area contributed by atoms with E-state index in [4.69, 9.17) is 10.5 Å². The fraction of sp³-hybridized carbons (Fsp3) is 0.462. The Labute approximate surface area is 102 Å². The smallest absolute Gasteiger partial charge is 0.193 e. The van der Waals surface area contributed by atoms with E-state index in [1.165, 1.54) is 6.42 Å². The van der Waals surface area contributed by atoms with Crippen molar-refractivity contribution in [2.75, 3.05) is 18.5 Å². The van der Waals surface area contributed by atoms with Crippen LogP contribution >= 0.6 is 0 Å². The van der Waals surface area contributed by atoms with Crippen LogP contribution in [0.4, 0.5) is 5.69 Å². The molecule has 0 saturated carbocycles. The van der Waals surface area contributed by atoms with Crippen LogP contribution in [0, 0.1) is 0 Å². The van der Waals surface area contributed by atoms with Crippen LogP contribution in [0.2, 0.25) is 0 Å². The average Bonchev–Trinajstić information content (AvgIpc) is 2.83. The predicted molar refractivity (Wildman–Crippen MR) is 70.1 cm³/mol. The van der Waals surface area contributed by atoms with Crippen molar-refractivity contribution >= 4 is 11.6 Å². The van der Waals surface area contributed by atoms with Crippen molar-refractivity contribution in [2.24, 2.45) is 10.7 Å². The summed E-state index contributed by atoms with van der Waals surface area (Å²) in [5, 5.41) is 3.05. The highest BCUT2D eigenvalue weighted by Gasteiger charge is 2.14. The lowest BCUT2D eigenvalue weighted by atomic mass is 10.2. The monoisotopic (exact) mass is 233 g/mol. The van der Waals surface area contributed by atoms with Gasteiger partial charge in [0.1, 0.15) is 0 Å². The van der Waals surface area contributed by atoms with E-state index in [0.717, 1.165) is 31.7 Å². The first kappa shape index (κ1) is 11.9. The summed E-state index contributed by atoms with van der Waals surface area (Å²) in [6, 6.07) is 9.81. The van der Waals surface area contributed by atoms with E-state index >= 15 is 0 Å². The van der Waals surface area contributed by atoms with Crippen LogP contribution in [0.1, 0.15) is 19.3 Å². The highest BCUT2D eigenvalue weighted by Crippen LogP contribution is 2.14. The summed E-state index contributed by atoms with van der Waals surface area (Å²) in [7, 11) is 0. The lowest BCUT2D eigenvalue weighted by Gasteiger charge is -2.08. The van der Waals surface area contributed by atoms with Gasteiger partial charge in [-0.15, -0.1) is 0 Å². The van der Waals surface area contributed by atoms with Crippen LogP contribution in [-0.4, -0.2) is 25.2 Å². The number of nitrogens with two attached hydrogens (primary N) is 1. The quantitative estimate of drug-likeness (QED) is 0.617. The summed E-state index contributed by atoms with van der Waals surface area (Å²) in [6.07, 6.45) is 3.66. The Morgan fingerprint density at radius 2 is 2.24 bits per heavy atom. The number of nitrogens with zero attached hydrogens (tertiary/aromatic N) is 1. The minimum Gasteiger partial charge on any atom is -0.378 e. The van der Waals surface area contributed by atoms with Crippen molar-refractivity contribution < 1.29 is 4.74 Å². The molecule has 1 saturated heterocycles. The van der Waals surface area contributed by atoms with Gasteiger partial charge in [0.05, 0.1) is 6.10 Å². The SMILES string of the molecule is NC(=NCC[C@H]1CCCO1)Nc1ccccc1. The summed E-state index contributed by atoms with van der Waals surface area (Å²) in [5.74, 6) is 0.467. The zero-order valence-electron chi connectivity index (χ0n) is 9.93. The number of hydrogen-bond donors (Lipinski definition) is 2. The first-order valence-electron chi connectivity index (χ1n) is 6.08. The minimum atomic E-state index is 0.378. The fourth-order valence-electron chi connectivity index (χ4n) is 1.91. The van der Waals surface area contributed by atoms with Gasteiger partial charge in [0.25, 0.3) is 0 Å². The first-order valence-corrected chi connectivity index (χ1v) is 6.08. The molecule has 17 heavy (non-hydrogen) atoms. The Morgan fingerprint density at radius 1 is 1.41 bits per heavy atom. The molecule has 1 aliphatic rings. The van der Waals surface area contributed by atoms with E-state index in [2.05, 4.69) is 10.3 Å². The Kier molecular flexibility index (Phi) is 4.38. The van der Waals surface area contributed by atoms with Gasteiger partial charge in [-0.25, -0.2) is 0 Å². The van der Waals surface area contributed by atoms with Crippen LogP contribution in [0.25, 0.3) is 0 Å². The molecule has 3 N–H and O–H groups in total. The zero-order valence-corrected chi connectivity index (χ0v) is 9.93. The number of para-hydroxylation sites is 1. The second-order valence-electron chi connectivity index (χ2n) is 4.18. The Morgan fingerprint density at radius 3 is 2.94 bits per heavy atom. The van der Waals surface area contributed by atoms with Crippen molar-refractivity contribution in [1.82, 2.24) is 0 Å². The third kappa shape index (κ3) is 4.07. The Bertz CT molecular complexity index is 358. The summed E-state index contributed by atoms with van der Waals surface area (Å²) in [4.78, 5) is 4.29. The van der Waals surface area contributed by atoms with Gasteiger partial charge in [-0.3, -0.25) is 4.99 Å². The number of anilines is 1. The predicted octanol–water partition coefficient (Wildman–Crippen LogP) is 1.98. The van der Waals surface area contributed by atoms with Gasteiger partial charge in [-0.1, -0.05) is 18.2 Å². The van der Waals surface area contributed by atoms with Gasteiger partial charge in [0.2, 0.25) is 0 Å². The van der Waals surface area contributed by atoms with Gasteiger partial charge >= 0.3 is 0 Å². The van der Waals surface area contributed by atoms with Gasteiger partial charge < -0.3 is 15.8 Å². The van der Waals surface area contributed by atoms with Crippen molar-refractivity contribution in [3.05, 3.63) is 30.3 Å². The molecule has 0 amide bonds. The van der Waals surface area contributed by atoms with Crippen LogP contribution < -0.4 is 11.1 Å². The molecule has 0 aromatic heterocycles. The number of ether oxygens (including phenoxy) is 1. The van der Waals surface area contributed by atoms with Crippen LogP contribution in [0.3, 0.4) is 0 Å². The molecule has 92 valence electrons. The first-order chi connectivity index (χ1) is 8.34. The second-order valence-corrected chi connectivity index (χ2v) is 4.18. The molecule has 4 nitrogen and oxygen atoms in total. The lowest BCUT2D eigenvalue weighted by molar-refractivity contribution is 0.106. The number of nitrogens with one attached hydrogen (secondary N) is 1. The molecule has 4 heteroatoms. The van der Waals surface area contributed by atoms with Crippen LogP contribution in [0.15, 0.2) is 35.3 Å². The van der Waals surface area contributed by atoms with Crippen molar-refractivity contribution in [2.45, 2.75) is 25.4 Å². The number of hydrogen-bond acceptors (Lipinski definition) is 2. The van der Waals surface area contributed by atoms with E-state index in [-0.39, 0.29) is 0 Å². The summed E-state index contributed by atoms with van der Waals surface area (Å²) in [5.41, 5.74) is 6.75. The van der Waals surface area contributed by atoms with E-state index < -0.39 is 0 Å². The minimum absolute atomic E-state index is 0.378. The van der Waals surface area contributed by atoms with E-state index in [1.807, 2.05) is 30.3 Å². The molecule has 1 atom stereocenters. The Balaban J connectivity index is 1.73. The second kappa shape index (κ2) is 6.25. The molecule has 1 aliphatic heterocycles. The van der Waals surface area contributed by atoms with Gasteiger partial charge in [0, 0.05) is 18.8 Å². The number of guanidine groups is 1. The molecule has 1 aromatic carbocycles. The van der Waals surface area contributed by atoms with Crippen molar-refractivity contribution in [3.8, 4) is 0 Å². The van der Waals surface area contributed by atoms with Crippen molar-refractivity contribution in [1.29, 1.82) is 0 Å². The number of rotatable bonds is 4. The van der Waals surface area contributed by atoms with Crippen LogP contribution in [0.5, 0.6) is 0 Å². The van der Waals surface area contributed by atoms with Gasteiger partial charge in [0.15, 0.2) is 5.96 Å². The number of aliphatic imine (C=N–C) groups is 1. The van der Waals surface area contributed by atoms with E-state index in [1.54, 1.807) is 0 Å². The maximum atomic E-state index is 5.79. The number of benzene rings is 1. The summed E-state index contributed by atoms with van der Waals surface area (Å²) < 4.78 is 5.52. The highest BCUT2D eigenvalue weighted by molar-refractivity contribution is 5.92. The fourth-order valence-corrected chi connectivity index (χ4v) is 1.91. The lowest BCUT2D eigenvalue weighted by Crippen LogP contribution is -2.23. The molecular weight excluding hydrogens is 214 g/mol. The highest BCUT2D eigenvalue weighted by atomic mass is 16.5. The molecule has 0 unspecified atom stereocenters. The molecule has 0 aliphatic carbocycles. The molecule has 0 spiro atoms. The largest absolute Gasteiger partial charge is 0.378 e. The maximum Gasteiger partial charge on any atom is 0.193 e. The third-order valence-corrected chi connectivity index (χ3v) is 2.80. The van der Waals surface area contributed by atoms with Gasteiger partial charge in [-0.2, -0.15) is 0 Å². The molecule has 2 rings (SSSR count). The molecule has 1 fully saturated rings. The molecular formula is C13H19N3O. The average molecular weight is 233 g/mol. The normalized spacial score (nSPS) is 20.5. The van der Waals surface area contributed by atoms with Crippen LogP contribution in [-0.2, 0) is 4.74 Å². The topological polar surface area (TPSA) is 59.6 Å². The van der Waals surface area contributed by atoms with Crippen molar-refractivity contribution in [3.63, 3.8) is 0 Å². The molecule has 0 radical (unpaired) electrons. The van der Waals surface area contributed by atoms with E-state index in [0.29, 0.717) is 12.1 Å². The Hall–Kier alpha value is -1.55. The molecule has 1 aromatic rings. The molecule has 1 heterocycles.